The molecular weight excluding hydrogens is 292 g/mol. The summed E-state index contributed by atoms with van der Waals surface area (Å²) in [6, 6.07) is 3.89. The lowest BCUT2D eigenvalue weighted by atomic mass is 10.1. The van der Waals surface area contributed by atoms with Gasteiger partial charge in [0.15, 0.2) is 0 Å². The van der Waals surface area contributed by atoms with Gasteiger partial charge in [0, 0.05) is 12.6 Å². The number of aliphatic hydroxyl groups excluding tert-OH is 1. The van der Waals surface area contributed by atoms with Gasteiger partial charge in [0.1, 0.15) is 5.75 Å². The summed E-state index contributed by atoms with van der Waals surface area (Å²) in [5, 5.41) is 22.2. The number of unbranched alkanes of at least 4 members (excludes halogenated alkanes) is 1. The number of nitrogens with zero attached hydrogens (tertiary/aromatic N) is 1. The molecule has 1 aromatic carbocycles. The van der Waals surface area contributed by atoms with Crippen LogP contribution in [0.2, 0.25) is 0 Å². The van der Waals surface area contributed by atoms with Crippen molar-refractivity contribution in [2.75, 3.05) is 26.2 Å². The van der Waals surface area contributed by atoms with Crippen molar-refractivity contribution < 1.29 is 15.0 Å². The minimum Gasteiger partial charge on any atom is -0.507 e. The Morgan fingerprint density at radius 2 is 2.13 bits per heavy atom. The predicted molar refractivity (Wildman–Crippen MR) is 90.8 cm³/mol. The number of amides is 1. The second kappa shape index (κ2) is 8.31. The van der Waals surface area contributed by atoms with Gasteiger partial charge in [0.2, 0.25) is 0 Å². The van der Waals surface area contributed by atoms with Gasteiger partial charge in [-0.15, -0.1) is 0 Å². The SMILES string of the molecule is Cc1cc(C)c(O)c(C(=O)NCCCCN2CCCC2CO)c1. The van der Waals surface area contributed by atoms with Crippen LogP contribution in [0.1, 0.15) is 47.2 Å². The van der Waals surface area contributed by atoms with E-state index < -0.39 is 0 Å². The Morgan fingerprint density at radius 3 is 2.87 bits per heavy atom. The van der Waals surface area contributed by atoms with Crippen LogP contribution in [0, 0.1) is 13.8 Å². The standard InChI is InChI=1S/C18H28N2O3/c1-13-10-14(2)17(22)16(11-13)18(23)19-7-3-4-8-20-9-5-6-15(20)12-21/h10-11,15,21-22H,3-9,12H2,1-2H3,(H,19,23). The number of hydrogen-bond acceptors (Lipinski definition) is 4. The average molecular weight is 320 g/mol. The summed E-state index contributed by atoms with van der Waals surface area (Å²) in [4.78, 5) is 14.5. The molecule has 5 heteroatoms. The average Bonchev–Trinajstić information content (AvgIpc) is 2.97. The first kappa shape index (κ1) is 17.8. The fraction of sp³-hybridized carbons (Fsp3) is 0.611. The fourth-order valence-corrected chi connectivity index (χ4v) is 3.27. The lowest BCUT2D eigenvalue weighted by Gasteiger charge is -2.22. The molecule has 0 radical (unpaired) electrons. The molecule has 2 rings (SSSR count). The molecule has 1 aromatic rings. The Hall–Kier alpha value is -1.59. The van der Waals surface area contributed by atoms with E-state index in [4.69, 9.17) is 0 Å². The number of phenolic OH excluding ortho intramolecular Hbond substituents is 1. The van der Waals surface area contributed by atoms with Crippen LogP contribution < -0.4 is 5.32 Å². The maximum absolute atomic E-state index is 12.2. The minimum absolute atomic E-state index is 0.0657. The molecule has 1 fully saturated rings. The Labute approximate surface area is 138 Å². The molecule has 1 heterocycles. The van der Waals surface area contributed by atoms with E-state index in [0.717, 1.165) is 49.9 Å². The lowest BCUT2D eigenvalue weighted by molar-refractivity contribution is 0.0949. The quantitative estimate of drug-likeness (QED) is 0.672. The first-order chi connectivity index (χ1) is 11.0. The van der Waals surface area contributed by atoms with E-state index in [1.807, 2.05) is 13.0 Å². The Morgan fingerprint density at radius 1 is 1.35 bits per heavy atom. The maximum Gasteiger partial charge on any atom is 0.255 e. The number of carbonyl (C=O) groups is 1. The first-order valence-electron chi connectivity index (χ1n) is 8.46. The molecule has 0 aliphatic carbocycles. The van der Waals surface area contributed by atoms with Crippen molar-refractivity contribution in [2.24, 2.45) is 0 Å². The number of aliphatic hydroxyl groups is 1. The number of benzene rings is 1. The number of phenols is 1. The van der Waals surface area contributed by atoms with Crippen LogP contribution in [0.25, 0.3) is 0 Å². The van der Waals surface area contributed by atoms with Gasteiger partial charge in [-0.2, -0.15) is 0 Å². The van der Waals surface area contributed by atoms with Crippen LogP contribution in [0.15, 0.2) is 12.1 Å². The van der Waals surface area contributed by atoms with E-state index in [2.05, 4.69) is 10.2 Å². The highest BCUT2D eigenvalue weighted by Gasteiger charge is 2.22. The highest BCUT2D eigenvalue weighted by Crippen LogP contribution is 2.23. The van der Waals surface area contributed by atoms with Crippen molar-refractivity contribution in [3.63, 3.8) is 0 Å². The fourth-order valence-electron chi connectivity index (χ4n) is 3.27. The highest BCUT2D eigenvalue weighted by molar-refractivity contribution is 5.97. The number of hydrogen-bond donors (Lipinski definition) is 3. The minimum atomic E-state index is -0.219. The molecule has 1 unspecified atom stereocenters. The number of nitrogens with one attached hydrogen (secondary N) is 1. The zero-order valence-corrected chi connectivity index (χ0v) is 14.1. The molecule has 0 bridgehead atoms. The van der Waals surface area contributed by atoms with E-state index in [-0.39, 0.29) is 18.3 Å². The molecule has 0 saturated carbocycles. The molecule has 1 aliphatic heterocycles. The Bertz CT molecular complexity index is 545. The Balaban J connectivity index is 1.73. The molecule has 1 atom stereocenters. The van der Waals surface area contributed by atoms with Crippen LogP contribution in [-0.4, -0.2) is 53.3 Å². The lowest BCUT2D eigenvalue weighted by Crippen LogP contribution is -2.33. The number of aryl methyl sites for hydroxylation is 2. The van der Waals surface area contributed by atoms with Gasteiger partial charge in [-0.1, -0.05) is 6.07 Å². The molecule has 128 valence electrons. The van der Waals surface area contributed by atoms with Crippen molar-refractivity contribution in [3.8, 4) is 5.75 Å². The summed E-state index contributed by atoms with van der Waals surface area (Å²) >= 11 is 0. The molecule has 0 spiro atoms. The van der Waals surface area contributed by atoms with Gasteiger partial charge in [-0.05, 0) is 69.8 Å². The summed E-state index contributed by atoms with van der Waals surface area (Å²) in [6.45, 7) is 6.58. The van der Waals surface area contributed by atoms with Gasteiger partial charge in [-0.3, -0.25) is 9.69 Å². The topological polar surface area (TPSA) is 72.8 Å². The normalized spacial score (nSPS) is 18.3. The van der Waals surface area contributed by atoms with Crippen LogP contribution in [-0.2, 0) is 0 Å². The van der Waals surface area contributed by atoms with Crippen molar-refractivity contribution >= 4 is 5.91 Å². The van der Waals surface area contributed by atoms with Crippen molar-refractivity contribution in [1.29, 1.82) is 0 Å². The number of rotatable bonds is 7. The third kappa shape index (κ3) is 4.69. The molecule has 3 N–H and O–H groups in total. The van der Waals surface area contributed by atoms with E-state index in [9.17, 15) is 15.0 Å². The van der Waals surface area contributed by atoms with E-state index >= 15 is 0 Å². The number of likely N-dealkylation sites (tertiary alicyclic amines) is 1. The number of aromatic hydroxyl groups is 1. The largest absolute Gasteiger partial charge is 0.507 e. The summed E-state index contributed by atoms with van der Waals surface area (Å²) in [5.41, 5.74) is 2.04. The van der Waals surface area contributed by atoms with Crippen molar-refractivity contribution in [3.05, 3.63) is 28.8 Å². The number of carbonyl (C=O) groups excluding carboxylic acids is 1. The Kier molecular flexibility index (Phi) is 6.42. The second-order valence-electron chi connectivity index (χ2n) is 6.46. The third-order valence-electron chi connectivity index (χ3n) is 4.56. The highest BCUT2D eigenvalue weighted by atomic mass is 16.3. The van der Waals surface area contributed by atoms with Gasteiger partial charge in [0.25, 0.3) is 5.91 Å². The monoisotopic (exact) mass is 320 g/mol. The summed E-state index contributed by atoms with van der Waals surface area (Å²) in [5.74, 6) is -0.153. The molecule has 0 aromatic heterocycles. The first-order valence-corrected chi connectivity index (χ1v) is 8.46. The molecule has 1 saturated heterocycles. The summed E-state index contributed by atoms with van der Waals surface area (Å²) < 4.78 is 0. The molecule has 5 nitrogen and oxygen atoms in total. The predicted octanol–water partition coefficient (Wildman–Crippen LogP) is 1.98. The van der Waals surface area contributed by atoms with Gasteiger partial charge >= 0.3 is 0 Å². The molecule has 23 heavy (non-hydrogen) atoms. The van der Waals surface area contributed by atoms with Gasteiger partial charge in [0.05, 0.1) is 12.2 Å². The van der Waals surface area contributed by atoms with Crippen LogP contribution in [0.5, 0.6) is 5.75 Å². The van der Waals surface area contributed by atoms with E-state index in [1.165, 1.54) is 0 Å². The smallest absolute Gasteiger partial charge is 0.255 e. The molecule has 1 amide bonds. The zero-order chi connectivity index (χ0) is 16.8. The molecule has 1 aliphatic rings. The zero-order valence-electron chi connectivity index (χ0n) is 14.1. The molecular formula is C18H28N2O3. The van der Waals surface area contributed by atoms with Crippen molar-refractivity contribution in [2.45, 2.75) is 45.6 Å². The third-order valence-corrected chi connectivity index (χ3v) is 4.56. The summed E-state index contributed by atoms with van der Waals surface area (Å²) in [6.07, 6.45) is 4.13. The van der Waals surface area contributed by atoms with Crippen LogP contribution in [0.3, 0.4) is 0 Å². The van der Waals surface area contributed by atoms with Crippen LogP contribution in [0.4, 0.5) is 0 Å². The van der Waals surface area contributed by atoms with Crippen molar-refractivity contribution in [1.82, 2.24) is 10.2 Å². The van der Waals surface area contributed by atoms with Gasteiger partial charge in [-0.25, -0.2) is 0 Å². The maximum atomic E-state index is 12.2. The van der Waals surface area contributed by atoms with E-state index in [0.29, 0.717) is 18.2 Å². The van der Waals surface area contributed by atoms with Gasteiger partial charge < -0.3 is 15.5 Å². The summed E-state index contributed by atoms with van der Waals surface area (Å²) in [7, 11) is 0. The van der Waals surface area contributed by atoms with Crippen LogP contribution >= 0.6 is 0 Å². The second-order valence-corrected chi connectivity index (χ2v) is 6.46. The van der Waals surface area contributed by atoms with E-state index in [1.54, 1.807) is 13.0 Å².